The van der Waals surface area contributed by atoms with Crippen molar-refractivity contribution in [1.29, 1.82) is 0 Å². The fraction of sp³-hybridized carbons (Fsp3) is 0.567. The number of piperidine rings is 1. The zero-order valence-electron chi connectivity index (χ0n) is 22.4. The Bertz CT molecular complexity index is 997. The normalized spacial score (nSPS) is 27.2. The van der Waals surface area contributed by atoms with Crippen LogP contribution in [0.5, 0.6) is 5.75 Å². The number of carbonyl (C=O) groups excluding carboxylic acids is 1. The lowest BCUT2D eigenvalue weighted by molar-refractivity contribution is 0.00916. The molecule has 3 heterocycles. The van der Waals surface area contributed by atoms with E-state index in [0.717, 1.165) is 56.9 Å². The van der Waals surface area contributed by atoms with Crippen LogP contribution in [0.3, 0.4) is 0 Å². The first kappa shape index (κ1) is 26.0. The highest BCUT2D eigenvalue weighted by molar-refractivity contribution is 5.67. The molecule has 4 atom stereocenters. The molecule has 5 rings (SSSR count). The third-order valence-corrected chi connectivity index (χ3v) is 8.10. The molecule has 3 saturated heterocycles. The number of ether oxygens (including phenoxy) is 3. The molecule has 0 bridgehead atoms. The summed E-state index contributed by atoms with van der Waals surface area (Å²) in [4.78, 5) is 19.3. The first-order chi connectivity index (χ1) is 18.0. The molecule has 200 valence electrons. The largest absolute Gasteiger partial charge is 0.492 e. The number of epoxide rings is 1. The van der Waals surface area contributed by atoms with Gasteiger partial charge in [0.25, 0.3) is 0 Å². The second kappa shape index (κ2) is 11.8. The van der Waals surface area contributed by atoms with Crippen LogP contribution in [0.15, 0.2) is 54.6 Å². The van der Waals surface area contributed by atoms with Gasteiger partial charge in [-0.15, -0.1) is 0 Å². The third kappa shape index (κ3) is 6.64. The molecule has 0 spiro atoms. The number of hydrogen-bond acceptors (Lipinski definition) is 6. The Morgan fingerprint density at radius 3 is 2.22 bits per heavy atom. The molecule has 0 aliphatic carbocycles. The summed E-state index contributed by atoms with van der Waals surface area (Å²) in [6.45, 7) is 12.3. The van der Waals surface area contributed by atoms with E-state index in [1.54, 1.807) is 0 Å². The Morgan fingerprint density at radius 2 is 1.59 bits per heavy atom. The Labute approximate surface area is 221 Å². The average molecular weight is 508 g/mol. The summed E-state index contributed by atoms with van der Waals surface area (Å²) < 4.78 is 17.3. The van der Waals surface area contributed by atoms with Gasteiger partial charge in [0.15, 0.2) is 0 Å². The minimum atomic E-state index is -0.216. The summed E-state index contributed by atoms with van der Waals surface area (Å²) in [5, 5.41) is 0. The van der Waals surface area contributed by atoms with Crippen molar-refractivity contribution in [3.63, 3.8) is 0 Å². The van der Waals surface area contributed by atoms with Gasteiger partial charge in [-0.05, 0) is 62.8 Å². The summed E-state index contributed by atoms with van der Waals surface area (Å²) in [5.74, 6) is 1.38. The molecule has 7 nitrogen and oxygen atoms in total. The Balaban J connectivity index is 1.02. The van der Waals surface area contributed by atoms with E-state index in [-0.39, 0.29) is 6.09 Å². The third-order valence-electron chi connectivity index (χ3n) is 8.10. The lowest BCUT2D eigenvalue weighted by atomic mass is 9.89. The number of benzene rings is 2. The summed E-state index contributed by atoms with van der Waals surface area (Å²) in [6.07, 6.45) is 2.39. The van der Waals surface area contributed by atoms with Crippen LogP contribution in [0.25, 0.3) is 0 Å². The standard InChI is InChI=1S/C30H41N3O4/c1-22-19-32(29-24(3)37-29)20-23(2)33(22)17-18-35-28-11-9-26(10-12-28)27-13-15-31(16-14-27)30(34)36-21-25-7-5-4-6-8-25/h4-12,22-24,27,29H,13-21H2,1-3H3/t22-,23+,24?,29?. The molecule has 0 radical (unpaired) electrons. The molecule has 3 aliphatic heterocycles. The molecule has 3 aliphatic rings. The second-order valence-corrected chi connectivity index (χ2v) is 10.8. The van der Waals surface area contributed by atoms with Crippen molar-refractivity contribution in [2.75, 3.05) is 39.3 Å². The maximum atomic E-state index is 12.5. The van der Waals surface area contributed by atoms with E-state index < -0.39 is 0 Å². The average Bonchev–Trinajstić information content (AvgIpc) is 3.66. The molecule has 0 aromatic heterocycles. The van der Waals surface area contributed by atoms with E-state index in [4.69, 9.17) is 14.2 Å². The number of carbonyl (C=O) groups is 1. The summed E-state index contributed by atoms with van der Waals surface area (Å²) in [6, 6.07) is 19.4. The number of rotatable bonds is 8. The summed E-state index contributed by atoms with van der Waals surface area (Å²) in [5.41, 5.74) is 2.33. The minimum absolute atomic E-state index is 0.216. The Kier molecular flexibility index (Phi) is 8.33. The molecule has 2 aromatic rings. The smallest absolute Gasteiger partial charge is 0.410 e. The summed E-state index contributed by atoms with van der Waals surface area (Å²) in [7, 11) is 0. The molecular weight excluding hydrogens is 466 g/mol. The molecule has 3 fully saturated rings. The van der Waals surface area contributed by atoms with Gasteiger partial charge in [0.05, 0.1) is 6.10 Å². The Hall–Kier alpha value is -2.61. The molecule has 2 unspecified atom stereocenters. The zero-order valence-corrected chi connectivity index (χ0v) is 22.4. The first-order valence-electron chi connectivity index (χ1n) is 13.8. The molecule has 1 amide bonds. The van der Waals surface area contributed by atoms with Crippen molar-refractivity contribution >= 4 is 6.09 Å². The van der Waals surface area contributed by atoms with E-state index in [9.17, 15) is 4.79 Å². The van der Waals surface area contributed by atoms with E-state index in [2.05, 4.69) is 54.8 Å². The van der Waals surface area contributed by atoms with Crippen LogP contribution >= 0.6 is 0 Å². The molecule has 37 heavy (non-hydrogen) atoms. The molecule has 2 aromatic carbocycles. The highest BCUT2D eigenvalue weighted by Gasteiger charge is 2.43. The summed E-state index contributed by atoms with van der Waals surface area (Å²) >= 11 is 0. The van der Waals surface area contributed by atoms with Crippen molar-refractivity contribution < 1.29 is 19.0 Å². The van der Waals surface area contributed by atoms with Gasteiger partial charge in [-0.1, -0.05) is 42.5 Å². The Morgan fingerprint density at radius 1 is 0.946 bits per heavy atom. The number of likely N-dealkylation sites (tertiary alicyclic amines) is 1. The first-order valence-corrected chi connectivity index (χ1v) is 13.8. The lowest BCUT2D eigenvalue weighted by Gasteiger charge is -2.44. The van der Waals surface area contributed by atoms with Gasteiger partial charge in [0, 0.05) is 44.8 Å². The number of hydrogen-bond donors (Lipinski definition) is 0. The SMILES string of the molecule is CC1OC1N1C[C@@H](C)N(CCOc2ccc(C3CCN(C(=O)OCc4ccccc4)CC3)cc2)[C@@H](C)C1. The van der Waals surface area contributed by atoms with E-state index in [1.807, 2.05) is 35.2 Å². The molecule has 0 N–H and O–H groups in total. The predicted octanol–water partition coefficient (Wildman–Crippen LogP) is 4.72. The van der Waals surface area contributed by atoms with Crippen LogP contribution in [-0.2, 0) is 16.1 Å². The van der Waals surface area contributed by atoms with Crippen LogP contribution in [0.4, 0.5) is 4.79 Å². The fourth-order valence-electron chi connectivity index (χ4n) is 5.91. The van der Waals surface area contributed by atoms with E-state index in [1.165, 1.54) is 5.56 Å². The van der Waals surface area contributed by atoms with Crippen molar-refractivity contribution in [2.45, 2.75) is 70.6 Å². The van der Waals surface area contributed by atoms with Crippen LogP contribution in [0, 0.1) is 0 Å². The van der Waals surface area contributed by atoms with Gasteiger partial charge in [0.1, 0.15) is 25.2 Å². The maximum absolute atomic E-state index is 12.5. The van der Waals surface area contributed by atoms with Crippen molar-refractivity contribution in [2.24, 2.45) is 0 Å². The van der Waals surface area contributed by atoms with E-state index in [0.29, 0.717) is 43.5 Å². The van der Waals surface area contributed by atoms with Crippen LogP contribution < -0.4 is 4.74 Å². The monoisotopic (exact) mass is 507 g/mol. The van der Waals surface area contributed by atoms with Gasteiger partial charge in [-0.3, -0.25) is 9.80 Å². The fourth-order valence-corrected chi connectivity index (χ4v) is 5.91. The van der Waals surface area contributed by atoms with Crippen LogP contribution in [-0.4, -0.2) is 84.5 Å². The van der Waals surface area contributed by atoms with Gasteiger partial charge >= 0.3 is 6.09 Å². The highest BCUT2D eigenvalue weighted by Crippen LogP contribution is 2.31. The second-order valence-electron chi connectivity index (χ2n) is 10.8. The number of amides is 1. The van der Waals surface area contributed by atoms with Crippen LogP contribution in [0.1, 0.15) is 50.7 Å². The van der Waals surface area contributed by atoms with Crippen molar-refractivity contribution in [1.82, 2.24) is 14.7 Å². The molecule has 0 saturated carbocycles. The van der Waals surface area contributed by atoms with Gasteiger partial charge in [0.2, 0.25) is 0 Å². The maximum Gasteiger partial charge on any atom is 0.410 e. The molecule has 7 heteroatoms. The zero-order chi connectivity index (χ0) is 25.8. The van der Waals surface area contributed by atoms with Gasteiger partial charge in [-0.25, -0.2) is 4.79 Å². The highest BCUT2D eigenvalue weighted by atomic mass is 16.6. The lowest BCUT2D eigenvalue weighted by Crippen LogP contribution is -2.58. The van der Waals surface area contributed by atoms with Crippen LogP contribution in [0.2, 0.25) is 0 Å². The number of piperazine rings is 1. The minimum Gasteiger partial charge on any atom is -0.492 e. The van der Waals surface area contributed by atoms with Gasteiger partial charge in [-0.2, -0.15) is 0 Å². The van der Waals surface area contributed by atoms with E-state index >= 15 is 0 Å². The predicted molar refractivity (Wildman–Crippen MR) is 144 cm³/mol. The van der Waals surface area contributed by atoms with Crippen molar-refractivity contribution in [3.05, 3.63) is 65.7 Å². The quantitative estimate of drug-likeness (QED) is 0.482. The van der Waals surface area contributed by atoms with Gasteiger partial charge < -0.3 is 19.1 Å². The van der Waals surface area contributed by atoms with Crippen molar-refractivity contribution in [3.8, 4) is 5.75 Å². The molecular formula is C30H41N3O4. The number of nitrogens with zero attached hydrogens (tertiary/aromatic N) is 3. The topological polar surface area (TPSA) is 57.8 Å².